The molecule has 3 aromatic rings. The summed E-state index contributed by atoms with van der Waals surface area (Å²) in [6, 6.07) is 13.4. The summed E-state index contributed by atoms with van der Waals surface area (Å²) in [5.41, 5.74) is 0.598. The average molecular weight is 451 g/mol. The van der Waals surface area contributed by atoms with Crippen molar-refractivity contribution in [3.8, 4) is 0 Å². The number of halogens is 4. The zero-order valence-corrected chi connectivity index (χ0v) is 16.8. The lowest BCUT2D eigenvalue weighted by Crippen LogP contribution is -2.22. The van der Waals surface area contributed by atoms with Crippen LogP contribution in [0.25, 0.3) is 10.8 Å². The fraction of sp³-hybridized carbons (Fsp3) is 0.286. The van der Waals surface area contributed by atoms with Crippen molar-refractivity contribution < 1.29 is 27.5 Å². The van der Waals surface area contributed by atoms with Gasteiger partial charge in [0, 0.05) is 36.3 Å². The first-order valence-corrected chi connectivity index (χ1v) is 9.74. The number of rotatable bonds is 5. The fourth-order valence-corrected chi connectivity index (χ4v) is 3.10. The first-order chi connectivity index (χ1) is 15.2. The van der Waals surface area contributed by atoms with E-state index in [4.69, 9.17) is 9.90 Å². The van der Waals surface area contributed by atoms with Crippen molar-refractivity contribution in [2.45, 2.75) is 25.2 Å². The van der Waals surface area contributed by atoms with Crippen LogP contribution in [-0.4, -0.2) is 46.4 Å². The summed E-state index contributed by atoms with van der Waals surface area (Å²) < 4.78 is 46.4. The van der Waals surface area contributed by atoms with Gasteiger partial charge in [-0.3, -0.25) is 0 Å². The molecule has 32 heavy (non-hydrogen) atoms. The Hall–Kier alpha value is -3.47. The van der Waals surface area contributed by atoms with Crippen LogP contribution in [0.4, 0.5) is 29.3 Å². The van der Waals surface area contributed by atoms with Gasteiger partial charge in [0.25, 0.3) is 0 Å². The van der Waals surface area contributed by atoms with Crippen LogP contribution in [0.1, 0.15) is 12.0 Å². The number of nitrogens with zero attached hydrogens (tertiary/aromatic N) is 2. The molecular formula is C21H21F4N5O2. The van der Waals surface area contributed by atoms with Crippen molar-refractivity contribution in [1.82, 2.24) is 15.3 Å². The topological polar surface area (TPSA) is 99.2 Å². The molecule has 1 aromatic heterocycles. The molecule has 0 bridgehead atoms. The number of hydrogen-bond acceptors (Lipinski definition) is 6. The van der Waals surface area contributed by atoms with Gasteiger partial charge in [0.1, 0.15) is 11.6 Å². The van der Waals surface area contributed by atoms with Gasteiger partial charge >= 0.3 is 12.1 Å². The SMILES string of the molecule is Fc1c(CNc2nccc(NC3CCNC3)n2)ccc2ccccc12.O=C(O)C(F)(F)F. The van der Waals surface area contributed by atoms with Crippen LogP contribution >= 0.6 is 0 Å². The Morgan fingerprint density at radius 2 is 1.94 bits per heavy atom. The minimum Gasteiger partial charge on any atom is -0.475 e. The molecule has 0 saturated carbocycles. The molecule has 11 heteroatoms. The third-order valence-electron chi connectivity index (χ3n) is 4.69. The van der Waals surface area contributed by atoms with Gasteiger partial charge in [-0.25, -0.2) is 14.2 Å². The molecule has 4 N–H and O–H groups in total. The molecule has 2 heterocycles. The van der Waals surface area contributed by atoms with Gasteiger partial charge in [0.05, 0.1) is 0 Å². The Morgan fingerprint density at radius 1 is 1.19 bits per heavy atom. The lowest BCUT2D eigenvalue weighted by Gasteiger charge is -2.13. The molecule has 0 aliphatic carbocycles. The molecule has 0 spiro atoms. The molecule has 1 aliphatic rings. The monoisotopic (exact) mass is 451 g/mol. The largest absolute Gasteiger partial charge is 0.490 e. The van der Waals surface area contributed by atoms with E-state index in [-0.39, 0.29) is 5.82 Å². The first kappa shape index (κ1) is 23.2. The maximum absolute atomic E-state index is 14.6. The van der Waals surface area contributed by atoms with Crippen molar-refractivity contribution >= 4 is 28.5 Å². The predicted octanol–water partition coefficient (Wildman–Crippen LogP) is 3.79. The Balaban J connectivity index is 0.000000360. The second kappa shape index (κ2) is 10.2. The zero-order valence-electron chi connectivity index (χ0n) is 16.8. The van der Waals surface area contributed by atoms with E-state index in [2.05, 4.69) is 25.9 Å². The molecule has 2 aromatic carbocycles. The van der Waals surface area contributed by atoms with E-state index in [1.54, 1.807) is 18.3 Å². The number of aromatic nitrogens is 2. The maximum Gasteiger partial charge on any atom is 0.490 e. The number of fused-ring (bicyclic) bond motifs is 1. The molecule has 0 amide bonds. The van der Waals surface area contributed by atoms with Crippen molar-refractivity contribution in [2.75, 3.05) is 23.7 Å². The Morgan fingerprint density at radius 3 is 2.62 bits per heavy atom. The number of alkyl halides is 3. The van der Waals surface area contributed by atoms with E-state index in [0.29, 0.717) is 29.5 Å². The van der Waals surface area contributed by atoms with Gasteiger partial charge in [-0.15, -0.1) is 0 Å². The van der Waals surface area contributed by atoms with E-state index in [1.165, 1.54) is 0 Å². The third kappa shape index (κ3) is 6.27. The predicted molar refractivity (Wildman–Crippen MR) is 112 cm³/mol. The van der Waals surface area contributed by atoms with Crippen molar-refractivity contribution in [3.05, 3.63) is 60.0 Å². The summed E-state index contributed by atoms with van der Waals surface area (Å²) in [4.78, 5) is 17.6. The number of aliphatic carboxylic acids is 1. The number of anilines is 2. The van der Waals surface area contributed by atoms with Gasteiger partial charge in [0.2, 0.25) is 5.95 Å². The standard InChI is InChI=1S/C19H20FN5.C2HF3O2/c20-18-14(6-5-13-3-1-2-4-16(13)18)11-23-19-22-10-8-17(25-19)24-15-7-9-21-12-15;3-2(4,5)1(6)7/h1-6,8,10,15,21H,7,9,11-12H2,(H2,22,23,24,25);(H,6,7). The summed E-state index contributed by atoms with van der Waals surface area (Å²) in [7, 11) is 0. The molecule has 1 fully saturated rings. The molecule has 1 saturated heterocycles. The zero-order chi connectivity index (χ0) is 23.1. The lowest BCUT2D eigenvalue weighted by molar-refractivity contribution is -0.192. The molecular weight excluding hydrogens is 430 g/mol. The van der Waals surface area contributed by atoms with Crippen molar-refractivity contribution in [3.63, 3.8) is 0 Å². The van der Waals surface area contributed by atoms with Crippen LogP contribution < -0.4 is 16.0 Å². The minimum absolute atomic E-state index is 0.197. The molecule has 1 atom stereocenters. The van der Waals surface area contributed by atoms with Crippen LogP contribution in [-0.2, 0) is 11.3 Å². The highest BCUT2D eigenvalue weighted by molar-refractivity contribution is 5.83. The summed E-state index contributed by atoms with van der Waals surface area (Å²) in [5, 5.41) is 18.5. The highest BCUT2D eigenvalue weighted by Crippen LogP contribution is 2.21. The van der Waals surface area contributed by atoms with Gasteiger partial charge in [-0.1, -0.05) is 36.4 Å². The normalized spacial score (nSPS) is 15.7. The van der Waals surface area contributed by atoms with E-state index in [1.807, 2.05) is 30.3 Å². The molecule has 1 aliphatic heterocycles. The van der Waals surface area contributed by atoms with Crippen LogP contribution in [0, 0.1) is 5.82 Å². The van der Waals surface area contributed by atoms with Crippen molar-refractivity contribution in [1.29, 1.82) is 0 Å². The minimum atomic E-state index is -5.08. The molecule has 1 unspecified atom stereocenters. The number of hydrogen-bond donors (Lipinski definition) is 4. The van der Waals surface area contributed by atoms with Gasteiger partial charge in [-0.05, 0) is 24.4 Å². The van der Waals surface area contributed by atoms with Crippen LogP contribution in [0.15, 0.2) is 48.7 Å². The summed E-state index contributed by atoms with van der Waals surface area (Å²) in [6.45, 7) is 2.30. The van der Waals surface area contributed by atoms with Crippen LogP contribution in [0.3, 0.4) is 0 Å². The van der Waals surface area contributed by atoms with Gasteiger partial charge in [0.15, 0.2) is 0 Å². The summed E-state index contributed by atoms with van der Waals surface area (Å²) in [6.07, 6.45) is -2.30. The molecule has 7 nitrogen and oxygen atoms in total. The molecule has 170 valence electrons. The van der Waals surface area contributed by atoms with E-state index < -0.39 is 12.1 Å². The summed E-state index contributed by atoms with van der Waals surface area (Å²) >= 11 is 0. The lowest BCUT2D eigenvalue weighted by atomic mass is 10.1. The van der Waals surface area contributed by atoms with E-state index in [0.717, 1.165) is 30.7 Å². The summed E-state index contributed by atoms with van der Waals surface area (Å²) in [5.74, 6) is -1.68. The molecule has 4 rings (SSSR count). The highest BCUT2D eigenvalue weighted by atomic mass is 19.4. The number of benzene rings is 2. The van der Waals surface area contributed by atoms with E-state index >= 15 is 0 Å². The Kier molecular flexibility index (Phi) is 7.41. The number of carboxylic acid groups (broad SMARTS) is 1. The number of carbonyl (C=O) groups is 1. The van der Waals surface area contributed by atoms with Crippen LogP contribution in [0.2, 0.25) is 0 Å². The quantitative estimate of drug-likeness (QED) is 0.438. The van der Waals surface area contributed by atoms with Crippen molar-refractivity contribution in [2.24, 2.45) is 0 Å². The Labute approximate surface area is 180 Å². The second-order valence-corrected chi connectivity index (χ2v) is 7.02. The van der Waals surface area contributed by atoms with E-state index in [9.17, 15) is 17.6 Å². The molecule has 0 radical (unpaired) electrons. The average Bonchev–Trinajstić information content (AvgIpc) is 3.26. The third-order valence-corrected chi connectivity index (χ3v) is 4.69. The maximum atomic E-state index is 14.6. The fourth-order valence-electron chi connectivity index (χ4n) is 3.10. The highest BCUT2D eigenvalue weighted by Gasteiger charge is 2.38. The van der Waals surface area contributed by atoms with Crippen LogP contribution in [0.5, 0.6) is 0 Å². The smallest absolute Gasteiger partial charge is 0.475 e. The number of carboxylic acids is 1. The van der Waals surface area contributed by atoms with Gasteiger partial charge < -0.3 is 21.1 Å². The second-order valence-electron chi connectivity index (χ2n) is 7.02. The van der Waals surface area contributed by atoms with Gasteiger partial charge in [-0.2, -0.15) is 18.2 Å². The Bertz CT molecular complexity index is 1070. The first-order valence-electron chi connectivity index (χ1n) is 9.74. The number of nitrogens with one attached hydrogen (secondary N) is 3.